The molecule has 1 amide bonds. The van der Waals surface area contributed by atoms with E-state index in [1.54, 1.807) is 43.3 Å². The quantitative estimate of drug-likeness (QED) is 0.275. The highest BCUT2D eigenvalue weighted by Gasteiger charge is 2.39. The SMILES string of the molecule is CCCCCCCCOc1ccc(C(=O)C2C(=O)N(c3ccccc3)N=C2C)cc1. The Hall–Kier alpha value is -2.95. The summed E-state index contributed by atoms with van der Waals surface area (Å²) < 4.78 is 5.78. The van der Waals surface area contributed by atoms with Gasteiger partial charge in [0, 0.05) is 5.56 Å². The predicted octanol–water partition coefficient (Wildman–Crippen LogP) is 5.65. The molecule has 0 radical (unpaired) electrons. The molecule has 1 heterocycles. The molecule has 158 valence electrons. The summed E-state index contributed by atoms with van der Waals surface area (Å²) >= 11 is 0. The Labute approximate surface area is 178 Å². The Morgan fingerprint density at radius 3 is 2.33 bits per heavy atom. The molecule has 0 saturated carbocycles. The standard InChI is InChI=1S/C25H30N2O3/c1-3-4-5-6-7-11-18-30-22-16-14-20(15-17-22)24(28)23-19(2)26-27(25(23)29)21-12-9-8-10-13-21/h8-10,12-17,23H,3-7,11,18H2,1-2H3. The summed E-state index contributed by atoms with van der Waals surface area (Å²) in [6.45, 7) is 4.62. The van der Waals surface area contributed by atoms with Gasteiger partial charge in [-0.05, 0) is 49.7 Å². The van der Waals surface area contributed by atoms with E-state index in [0.717, 1.165) is 12.2 Å². The lowest BCUT2D eigenvalue weighted by Crippen LogP contribution is -2.32. The van der Waals surface area contributed by atoms with Gasteiger partial charge in [-0.15, -0.1) is 0 Å². The van der Waals surface area contributed by atoms with Crippen LogP contribution >= 0.6 is 0 Å². The lowest BCUT2D eigenvalue weighted by Gasteiger charge is -2.14. The molecule has 0 N–H and O–H groups in total. The number of unbranched alkanes of at least 4 members (excludes halogenated alkanes) is 5. The molecule has 5 nitrogen and oxygen atoms in total. The van der Waals surface area contributed by atoms with Crippen molar-refractivity contribution in [3.8, 4) is 5.75 Å². The van der Waals surface area contributed by atoms with Gasteiger partial charge in [0.1, 0.15) is 11.7 Å². The average molecular weight is 407 g/mol. The fourth-order valence-corrected chi connectivity index (χ4v) is 3.58. The maximum atomic E-state index is 13.0. The van der Waals surface area contributed by atoms with Crippen molar-refractivity contribution in [1.82, 2.24) is 0 Å². The van der Waals surface area contributed by atoms with Crippen molar-refractivity contribution in [3.63, 3.8) is 0 Å². The third kappa shape index (κ3) is 5.35. The number of carbonyl (C=O) groups excluding carboxylic acids is 2. The van der Waals surface area contributed by atoms with Gasteiger partial charge in [-0.3, -0.25) is 9.59 Å². The topological polar surface area (TPSA) is 59.0 Å². The largest absolute Gasteiger partial charge is 0.494 e. The van der Waals surface area contributed by atoms with Crippen LogP contribution in [0.5, 0.6) is 5.75 Å². The van der Waals surface area contributed by atoms with Crippen LogP contribution in [0, 0.1) is 5.92 Å². The van der Waals surface area contributed by atoms with Gasteiger partial charge >= 0.3 is 0 Å². The molecule has 2 aromatic carbocycles. The number of ether oxygens (including phenoxy) is 1. The third-order valence-corrected chi connectivity index (χ3v) is 5.30. The number of benzene rings is 2. The number of rotatable bonds is 11. The van der Waals surface area contributed by atoms with E-state index in [9.17, 15) is 9.59 Å². The normalized spacial score (nSPS) is 15.9. The summed E-state index contributed by atoms with van der Waals surface area (Å²) in [5.41, 5.74) is 1.66. The molecular weight excluding hydrogens is 376 g/mol. The molecule has 1 aliphatic heterocycles. The Morgan fingerprint density at radius 1 is 0.967 bits per heavy atom. The molecule has 0 aliphatic carbocycles. The highest BCUT2D eigenvalue weighted by atomic mass is 16.5. The van der Waals surface area contributed by atoms with Gasteiger partial charge in [0.05, 0.1) is 18.0 Å². The Balaban J connectivity index is 1.54. The van der Waals surface area contributed by atoms with Gasteiger partial charge in [0.25, 0.3) is 5.91 Å². The first-order chi connectivity index (χ1) is 14.6. The molecule has 2 aromatic rings. The van der Waals surface area contributed by atoms with Crippen LogP contribution in [0.25, 0.3) is 0 Å². The summed E-state index contributed by atoms with van der Waals surface area (Å²) in [6, 6.07) is 16.2. The Bertz CT molecular complexity index is 875. The van der Waals surface area contributed by atoms with Crippen LogP contribution in [-0.4, -0.2) is 24.0 Å². The highest BCUT2D eigenvalue weighted by molar-refractivity contribution is 6.30. The van der Waals surface area contributed by atoms with Crippen molar-refractivity contribution in [2.24, 2.45) is 11.0 Å². The number of hydrogen-bond acceptors (Lipinski definition) is 4. The fourth-order valence-electron chi connectivity index (χ4n) is 3.58. The third-order valence-electron chi connectivity index (χ3n) is 5.30. The van der Waals surface area contributed by atoms with Crippen LogP contribution in [0.3, 0.4) is 0 Å². The molecule has 30 heavy (non-hydrogen) atoms. The van der Waals surface area contributed by atoms with E-state index >= 15 is 0 Å². The summed E-state index contributed by atoms with van der Waals surface area (Å²) in [5.74, 6) is -0.677. The van der Waals surface area contributed by atoms with E-state index in [4.69, 9.17) is 4.74 Å². The van der Waals surface area contributed by atoms with E-state index in [1.165, 1.54) is 37.1 Å². The molecule has 3 rings (SSSR count). The summed E-state index contributed by atoms with van der Waals surface area (Å²) in [5, 5.41) is 5.63. The van der Waals surface area contributed by atoms with Crippen molar-refractivity contribution in [2.45, 2.75) is 52.4 Å². The number of ketones is 1. The second kappa shape index (κ2) is 10.7. The summed E-state index contributed by atoms with van der Waals surface area (Å²) in [4.78, 5) is 25.8. The monoisotopic (exact) mass is 406 g/mol. The number of amides is 1. The van der Waals surface area contributed by atoms with Crippen molar-refractivity contribution in [2.75, 3.05) is 11.6 Å². The molecule has 0 spiro atoms. The van der Waals surface area contributed by atoms with Crippen molar-refractivity contribution >= 4 is 23.1 Å². The molecule has 0 aromatic heterocycles. The average Bonchev–Trinajstić information content (AvgIpc) is 3.07. The minimum absolute atomic E-state index is 0.234. The zero-order valence-corrected chi connectivity index (χ0v) is 17.8. The molecule has 0 saturated heterocycles. The molecular formula is C25H30N2O3. The Kier molecular flexibility index (Phi) is 7.77. The molecule has 1 aliphatic rings. The maximum absolute atomic E-state index is 13.0. The number of para-hydroxylation sites is 1. The van der Waals surface area contributed by atoms with Gasteiger partial charge in [-0.25, -0.2) is 0 Å². The number of carbonyl (C=O) groups is 2. The van der Waals surface area contributed by atoms with Crippen molar-refractivity contribution in [3.05, 3.63) is 60.2 Å². The number of anilines is 1. The summed E-state index contributed by atoms with van der Waals surface area (Å²) in [7, 11) is 0. The van der Waals surface area contributed by atoms with Gasteiger partial charge in [-0.1, -0.05) is 57.2 Å². The van der Waals surface area contributed by atoms with E-state index in [1.807, 2.05) is 18.2 Å². The molecule has 0 bridgehead atoms. The van der Waals surface area contributed by atoms with Gasteiger partial charge < -0.3 is 4.74 Å². The van der Waals surface area contributed by atoms with Gasteiger partial charge in [0.2, 0.25) is 0 Å². The minimum Gasteiger partial charge on any atom is -0.494 e. The van der Waals surface area contributed by atoms with Crippen molar-refractivity contribution in [1.29, 1.82) is 0 Å². The highest BCUT2D eigenvalue weighted by Crippen LogP contribution is 2.26. The lowest BCUT2D eigenvalue weighted by molar-refractivity contribution is -0.118. The molecule has 1 atom stereocenters. The van der Waals surface area contributed by atoms with E-state index in [-0.39, 0.29) is 11.7 Å². The minimum atomic E-state index is -0.875. The summed E-state index contributed by atoms with van der Waals surface area (Å²) in [6.07, 6.45) is 7.30. The predicted molar refractivity (Wildman–Crippen MR) is 120 cm³/mol. The fraction of sp³-hybridized carbons (Fsp3) is 0.400. The number of hydrogen-bond donors (Lipinski definition) is 0. The molecule has 0 fully saturated rings. The lowest BCUT2D eigenvalue weighted by atomic mass is 9.93. The molecule has 5 heteroatoms. The van der Waals surface area contributed by atoms with Crippen LogP contribution in [0.4, 0.5) is 5.69 Å². The van der Waals surface area contributed by atoms with Gasteiger partial charge in [-0.2, -0.15) is 10.1 Å². The van der Waals surface area contributed by atoms with Crippen LogP contribution in [-0.2, 0) is 4.79 Å². The van der Waals surface area contributed by atoms with Crippen LogP contribution < -0.4 is 9.75 Å². The second-order valence-electron chi connectivity index (χ2n) is 7.66. The smallest absolute Gasteiger partial charge is 0.264 e. The van der Waals surface area contributed by atoms with E-state index < -0.39 is 5.92 Å². The Morgan fingerprint density at radius 2 is 1.63 bits per heavy atom. The first-order valence-corrected chi connectivity index (χ1v) is 10.8. The second-order valence-corrected chi connectivity index (χ2v) is 7.66. The first kappa shape index (κ1) is 21.8. The van der Waals surface area contributed by atoms with Crippen LogP contribution in [0.1, 0.15) is 62.7 Å². The first-order valence-electron chi connectivity index (χ1n) is 10.8. The zero-order valence-electron chi connectivity index (χ0n) is 17.8. The van der Waals surface area contributed by atoms with E-state index in [0.29, 0.717) is 23.6 Å². The number of hydrazone groups is 1. The van der Waals surface area contributed by atoms with Crippen LogP contribution in [0.15, 0.2) is 59.7 Å². The maximum Gasteiger partial charge on any atom is 0.264 e. The van der Waals surface area contributed by atoms with Crippen LogP contribution in [0.2, 0.25) is 0 Å². The number of Topliss-reactive ketones (excluding diaryl/α,β-unsaturated/α-hetero) is 1. The van der Waals surface area contributed by atoms with E-state index in [2.05, 4.69) is 12.0 Å². The van der Waals surface area contributed by atoms with Crippen molar-refractivity contribution < 1.29 is 14.3 Å². The van der Waals surface area contributed by atoms with Gasteiger partial charge in [0.15, 0.2) is 5.78 Å². The number of nitrogens with zero attached hydrogens (tertiary/aromatic N) is 2. The zero-order chi connectivity index (χ0) is 21.3. The molecule has 1 unspecified atom stereocenters.